The zero-order valence-electron chi connectivity index (χ0n) is 10.3. The average Bonchev–Trinajstić information content (AvgIpc) is 2.84. The summed E-state index contributed by atoms with van der Waals surface area (Å²) in [5.41, 5.74) is -0.00998. The van der Waals surface area contributed by atoms with Crippen LogP contribution in [0.4, 0.5) is 18.9 Å². The number of hydrogen-bond acceptors (Lipinski definition) is 3. The van der Waals surface area contributed by atoms with E-state index in [-0.39, 0.29) is 17.6 Å². The van der Waals surface area contributed by atoms with E-state index in [2.05, 4.69) is 31.3 Å². The number of benzene rings is 1. The molecule has 0 radical (unpaired) electrons. The largest absolute Gasteiger partial charge is 0.573 e. The molecule has 1 unspecified atom stereocenters. The first kappa shape index (κ1) is 15.1. The van der Waals surface area contributed by atoms with Crippen LogP contribution in [0.1, 0.15) is 12.8 Å². The van der Waals surface area contributed by atoms with Gasteiger partial charge in [-0.25, -0.2) is 0 Å². The molecule has 1 aromatic carbocycles. The van der Waals surface area contributed by atoms with Gasteiger partial charge < -0.3 is 15.4 Å². The predicted octanol–water partition coefficient (Wildman–Crippen LogP) is 3.04. The molecule has 1 aliphatic heterocycles. The number of nitrogens with one attached hydrogen (secondary N) is 2. The zero-order chi connectivity index (χ0) is 14.8. The monoisotopic (exact) mass is 352 g/mol. The Morgan fingerprint density at radius 1 is 1.45 bits per heavy atom. The number of rotatable bonds is 3. The van der Waals surface area contributed by atoms with E-state index in [1.54, 1.807) is 0 Å². The molecule has 1 aliphatic rings. The number of halogens is 4. The number of carbonyl (C=O) groups excluding carboxylic acids is 1. The predicted molar refractivity (Wildman–Crippen MR) is 70.5 cm³/mol. The third-order valence-corrected chi connectivity index (χ3v) is 3.30. The van der Waals surface area contributed by atoms with Crippen molar-refractivity contribution in [3.05, 3.63) is 22.7 Å². The van der Waals surface area contributed by atoms with Gasteiger partial charge in [0.25, 0.3) is 0 Å². The quantitative estimate of drug-likeness (QED) is 0.878. The molecule has 1 heterocycles. The number of alkyl halides is 3. The van der Waals surface area contributed by atoms with Gasteiger partial charge in [-0.3, -0.25) is 4.79 Å². The van der Waals surface area contributed by atoms with Crippen molar-refractivity contribution in [2.24, 2.45) is 0 Å². The minimum atomic E-state index is -4.81. The lowest BCUT2D eigenvalue weighted by atomic mass is 10.2. The number of ether oxygens (including phenoxy) is 1. The van der Waals surface area contributed by atoms with Crippen LogP contribution in [0.2, 0.25) is 0 Å². The first-order valence-electron chi connectivity index (χ1n) is 5.95. The van der Waals surface area contributed by atoms with E-state index in [4.69, 9.17) is 0 Å². The molecule has 0 aromatic heterocycles. The molecule has 0 saturated carbocycles. The highest BCUT2D eigenvalue weighted by molar-refractivity contribution is 9.10. The van der Waals surface area contributed by atoms with Crippen LogP contribution in [-0.4, -0.2) is 24.9 Å². The Bertz CT molecular complexity index is 502. The van der Waals surface area contributed by atoms with Gasteiger partial charge in [-0.15, -0.1) is 13.2 Å². The minimum absolute atomic E-state index is 0.00998. The van der Waals surface area contributed by atoms with Crippen molar-refractivity contribution in [1.82, 2.24) is 5.32 Å². The summed E-state index contributed by atoms with van der Waals surface area (Å²) in [5, 5.41) is 5.43. The molecule has 4 nitrogen and oxygen atoms in total. The molecule has 0 bridgehead atoms. The van der Waals surface area contributed by atoms with E-state index in [9.17, 15) is 18.0 Å². The Labute approximate surface area is 121 Å². The van der Waals surface area contributed by atoms with Crippen molar-refractivity contribution in [3.8, 4) is 5.75 Å². The molecule has 8 heteroatoms. The van der Waals surface area contributed by atoms with Gasteiger partial charge in [-0.05, 0) is 37.6 Å². The van der Waals surface area contributed by atoms with Gasteiger partial charge in [-0.2, -0.15) is 0 Å². The number of carbonyl (C=O) groups is 1. The summed E-state index contributed by atoms with van der Waals surface area (Å²) in [6, 6.07) is 3.67. The van der Waals surface area contributed by atoms with E-state index in [0.29, 0.717) is 10.9 Å². The standard InChI is InChI=1S/C12H12BrF3N2O2/c13-7-3-4-8(10(6-7)20-12(14,15)16)18-11(19)9-2-1-5-17-9/h3-4,6,9,17H,1-2,5H2,(H,18,19). The first-order valence-corrected chi connectivity index (χ1v) is 6.74. The Morgan fingerprint density at radius 3 is 2.80 bits per heavy atom. The second-order valence-electron chi connectivity index (χ2n) is 4.33. The van der Waals surface area contributed by atoms with Crippen LogP contribution >= 0.6 is 15.9 Å². The SMILES string of the molecule is O=C(Nc1ccc(Br)cc1OC(F)(F)F)C1CCCN1. The topological polar surface area (TPSA) is 50.4 Å². The van der Waals surface area contributed by atoms with E-state index in [0.717, 1.165) is 19.0 Å². The molecular weight excluding hydrogens is 341 g/mol. The normalized spacial score (nSPS) is 18.9. The van der Waals surface area contributed by atoms with E-state index in [1.165, 1.54) is 12.1 Å². The Hall–Kier alpha value is -1.28. The molecular formula is C12H12BrF3N2O2. The van der Waals surface area contributed by atoms with Crippen molar-refractivity contribution in [1.29, 1.82) is 0 Å². The highest BCUT2D eigenvalue weighted by atomic mass is 79.9. The fraction of sp³-hybridized carbons (Fsp3) is 0.417. The van der Waals surface area contributed by atoms with Gasteiger partial charge in [0.2, 0.25) is 5.91 Å². The summed E-state index contributed by atoms with van der Waals surface area (Å²) in [4.78, 5) is 11.9. The maximum atomic E-state index is 12.3. The first-order chi connectivity index (χ1) is 9.35. The van der Waals surface area contributed by atoms with Crippen LogP contribution in [0.15, 0.2) is 22.7 Å². The van der Waals surface area contributed by atoms with Crippen LogP contribution in [0.25, 0.3) is 0 Å². The number of hydrogen-bond donors (Lipinski definition) is 2. The van der Waals surface area contributed by atoms with Crippen molar-refractivity contribution in [2.45, 2.75) is 25.2 Å². The number of amides is 1. The maximum Gasteiger partial charge on any atom is 0.573 e. The summed E-state index contributed by atoms with van der Waals surface area (Å²) in [6.07, 6.45) is -3.28. The fourth-order valence-electron chi connectivity index (χ4n) is 1.94. The maximum absolute atomic E-state index is 12.3. The average molecular weight is 353 g/mol. The summed E-state index contributed by atoms with van der Waals surface area (Å²) in [5.74, 6) is -0.810. The molecule has 1 atom stereocenters. The second-order valence-corrected chi connectivity index (χ2v) is 5.24. The summed E-state index contributed by atoms with van der Waals surface area (Å²) in [6.45, 7) is 0.727. The van der Waals surface area contributed by atoms with Gasteiger partial charge in [0.15, 0.2) is 5.75 Å². The molecule has 1 fully saturated rings. The molecule has 20 heavy (non-hydrogen) atoms. The van der Waals surface area contributed by atoms with Crippen molar-refractivity contribution < 1.29 is 22.7 Å². The molecule has 2 rings (SSSR count). The molecule has 0 spiro atoms. The molecule has 1 saturated heterocycles. The smallest absolute Gasteiger partial charge is 0.404 e. The van der Waals surface area contributed by atoms with Gasteiger partial charge in [0.1, 0.15) is 0 Å². The van der Waals surface area contributed by atoms with Crippen LogP contribution in [-0.2, 0) is 4.79 Å². The summed E-state index contributed by atoms with van der Waals surface area (Å²) in [7, 11) is 0. The summed E-state index contributed by atoms with van der Waals surface area (Å²) < 4.78 is 41.3. The van der Waals surface area contributed by atoms with E-state index >= 15 is 0 Å². The Morgan fingerprint density at radius 2 is 2.20 bits per heavy atom. The summed E-state index contributed by atoms with van der Waals surface area (Å²) >= 11 is 3.06. The van der Waals surface area contributed by atoms with Crippen LogP contribution in [0, 0.1) is 0 Å². The van der Waals surface area contributed by atoms with Crippen molar-refractivity contribution >= 4 is 27.5 Å². The van der Waals surface area contributed by atoms with Crippen LogP contribution in [0.5, 0.6) is 5.75 Å². The third kappa shape index (κ3) is 4.11. The minimum Gasteiger partial charge on any atom is -0.404 e. The molecule has 0 aliphatic carbocycles. The van der Waals surface area contributed by atoms with E-state index < -0.39 is 12.1 Å². The lowest BCUT2D eigenvalue weighted by Crippen LogP contribution is -2.35. The highest BCUT2D eigenvalue weighted by Gasteiger charge is 2.33. The zero-order valence-corrected chi connectivity index (χ0v) is 11.8. The lowest BCUT2D eigenvalue weighted by molar-refractivity contribution is -0.274. The fourth-order valence-corrected chi connectivity index (χ4v) is 2.28. The molecule has 1 amide bonds. The van der Waals surface area contributed by atoms with Gasteiger partial charge in [0.05, 0.1) is 11.7 Å². The van der Waals surface area contributed by atoms with Crippen LogP contribution in [0.3, 0.4) is 0 Å². The van der Waals surface area contributed by atoms with Gasteiger partial charge >= 0.3 is 6.36 Å². The van der Waals surface area contributed by atoms with E-state index in [1.807, 2.05) is 0 Å². The Balaban J connectivity index is 2.15. The van der Waals surface area contributed by atoms with Crippen molar-refractivity contribution in [2.75, 3.05) is 11.9 Å². The second kappa shape index (κ2) is 6.01. The van der Waals surface area contributed by atoms with Crippen molar-refractivity contribution in [3.63, 3.8) is 0 Å². The highest BCUT2D eigenvalue weighted by Crippen LogP contribution is 2.33. The molecule has 110 valence electrons. The number of anilines is 1. The van der Waals surface area contributed by atoms with Crippen LogP contribution < -0.4 is 15.4 Å². The van der Waals surface area contributed by atoms with Gasteiger partial charge in [0, 0.05) is 4.47 Å². The molecule has 2 N–H and O–H groups in total. The molecule has 1 aromatic rings. The lowest BCUT2D eigenvalue weighted by Gasteiger charge is -2.16. The van der Waals surface area contributed by atoms with Gasteiger partial charge in [-0.1, -0.05) is 15.9 Å². The third-order valence-electron chi connectivity index (χ3n) is 2.80. The Kier molecular flexibility index (Phi) is 4.54.